The van der Waals surface area contributed by atoms with Gasteiger partial charge in [-0.1, -0.05) is 46.9 Å². The average Bonchev–Trinajstić information content (AvgIpc) is 2.85. The first-order valence-electron chi connectivity index (χ1n) is 6.47. The van der Waals surface area contributed by atoms with E-state index in [0.29, 0.717) is 11.7 Å². The van der Waals surface area contributed by atoms with Gasteiger partial charge < -0.3 is 10.3 Å². The van der Waals surface area contributed by atoms with Crippen molar-refractivity contribution in [3.8, 4) is 11.4 Å². The van der Waals surface area contributed by atoms with Gasteiger partial charge >= 0.3 is 0 Å². The van der Waals surface area contributed by atoms with Gasteiger partial charge in [0, 0.05) is 10.0 Å². The highest BCUT2D eigenvalue weighted by Gasteiger charge is 2.16. The average molecular weight is 324 g/mol. The molecule has 1 atom stereocenters. The van der Waals surface area contributed by atoms with Crippen LogP contribution < -0.4 is 5.73 Å². The van der Waals surface area contributed by atoms with Crippen molar-refractivity contribution in [3.63, 3.8) is 0 Å². The van der Waals surface area contributed by atoms with E-state index in [-0.39, 0.29) is 6.04 Å². The lowest BCUT2D eigenvalue weighted by atomic mass is 10.1. The Bertz CT molecular complexity index is 553. The predicted molar refractivity (Wildman–Crippen MR) is 78.6 cm³/mol. The summed E-state index contributed by atoms with van der Waals surface area (Å²) in [7, 11) is 0. The fraction of sp³-hybridized carbons (Fsp3) is 0.429. The van der Waals surface area contributed by atoms with Gasteiger partial charge in [-0.25, -0.2) is 0 Å². The largest absolute Gasteiger partial charge is 0.337 e. The van der Waals surface area contributed by atoms with Crippen LogP contribution in [0.1, 0.15) is 43.7 Å². The second-order valence-electron chi connectivity index (χ2n) is 4.69. The van der Waals surface area contributed by atoms with Crippen molar-refractivity contribution >= 4 is 15.9 Å². The normalized spacial score (nSPS) is 12.6. The highest BCUT2D eigenvalue weighted by Crippen LogP contribution is 2.28. The lowest BCUT2D eigenvalue weighted by Gasteiger charge is -2.04. The van der Waals surface area contributed by atoms with E-state index in [0.717, 1.165) is 29.3 Å². The van der Waals surface area contributed by atoms with E-state index < -0.39 is 0 Å². The number of benzene rings is 1. The Kier molecular flexibility index (Phi) is 4.71. The van der Waals surface area contributed by atoms with Crippen LogP contribution in [0.25, 0.3) is 11.4 Å². The molecule has 0 aliphatic rings. The molecule has 0 fully saturated rings. The minimum Gasteiger partial charge on any atom is -0.337 e. The highest BCUT2D eigenvalue weighted by molar-refractivity contribution is 9.10. The van der Waals surface area contributed by atoms with Crippen LogP contribution in [-0.2, 0) is 0 Å². The molecule has 0 radical (unpaired) electrons. The quantitative estimate of drug-likeness (QED) is 0.903. The third-order valence-corrected chi connectivity index (χ3v) is 3.65. The molecule has 1 aromatic heterocycles. The van der Waals surface area contributed by atoms with Gasteiger partial charge in [-0.2, -0.15) is 4.98 Å². The van der Waals surface area contributed by atoms with E-state index in [1.165, 1.54) is 5.56 Å². The Morgan fingerprint density at radius 3 is 2.89 bits per heavy atom. The molecule has 0 saturated carbocycles. The molecule has 0 aliphatic heterocycles. The molecule has 4 nitrogen and oxygen atoms in total. The van der Waals surface area contributed by atoms with Gasteiger partial charge in [0.1, 0.15) is 0 Å². The van der Waals surface area contributed by atoms with Gasteiger partial charge in [0.25, 0.3) is 0 Å². The highest BCUT2D eigenvalue weighted by atomic mass is 79.9. The van der Waals surface area contributed by atoms with Crippen molar-refractivity contribution in [2.45, 2.75) is 39.2 Å². The topological polar surface area (TPSA) is 64.9 Å². The Labute approximate surface area is 121 Å². The van der Waals surface area contributed by atoms with E-state index >= 15 is 0 Å². The molecule has 0 bridgehead atoms. The van der Waals surface area contributed by atoms with Crippen molar-refractivity contribution in [2.75, 3.05) is 0 Å². The maximum Gasteiger partial charge on any atom is 0.243 e. The van der Waals surface area contributed by atoms with E-state index in [9.17, 15) is 0 Å². The van der Waals surface area contributed by atoms with Crippen molar-refractivity contribution in [1.29, 1.82) is 0 Å². The summed E-state index contributed by atoms with van der Waals surface area (Å²) in [5.74, 6) is 1.09. The summed E-state index contributed by atoms with van der Waals surface area (Å²) in [6.07, 6.45) is 3.04. The monoisotopic (exact) mass is 323 g/mol. The van der Waals surface area contributed by atoms with Gasteiger partial charge in [0.2, 0.25) is 11.7 Å². The van der Waals surface area contributed by atoms with Crippen molar-refractivity contribution < 1.29 is 4.52 Å². The number of nitrogens with two attached hydrogens (primary N) is 1. The molecular formula is C14H18BrN3O. The second-order valence-corrected chi connectivity index (χ2v) is 5.54. The summed E-state index contributed by atoms with van der Waals surface area (Å²) in [6.45, 7) is 4.17. The number of aryl methyl sites for hydroxylation is 1. The molecular weight excluding hydrogens is 306 g/mol. The van der Waals surface area contributed by atoms with E-state index in [4.69, 9.17) is 10.3 Å². The molecule has 5 heteroatoms. The standard InChI is InChI=1S/C14H18BrN3O/c1-3-4-5-12(16)14-17-13(18-19-14)10-7-6-9(2)8-11(10)15/h6-8,12H,3-5,16H2,1-2H3/t12-/m0/s1. The van der Waals surface area contributed by atoms with Crippen LogP contribution in [0.5, 0.6) is 0 Å². The Morgan fingerprint density at radius 1 is 1.42 bits per heavy atom. The first kappa shape index (κ1) is 14.2. The Morgan fingerprint density at radius 2 is 2.21 bits per heavy atom. The van der Waals surface area contributed by atoms with Crippen molar-refractivity contribution in [3.05, 3.63) is 34.1 Å². The number of halogens is 1. The third-order valence-electron chi connectivity index (χ3n) is 2.99. The van der Waals surface area contributed by atoms with E-state index in [1.807, 2.05) is 25.1 Å². The lowest BCUT2D eigenvalue weighted by Crippen LogP contribution is -2.10. The fourth-order valence-electron chi connectivity index (χ4n) is 1.84. The van der Waals surface area contributed by atoms with Gasteiger partial charge in [0.05, 0.1) is 6.04 Å². The van der Waals surface area contributed by atoms with Crippen LogP contribution in [-0.4, -0.2) is 10.1 Å². The zero-order valence-electron chi connectivity index (χ0n) is 11.2. The first-order chi connectivity index (χ1) is 9.11. The molecule has 1 heterocycles. The summed E-state index contributed by atoms with van der Waals surface area (Å²) < 4.78 is 6.22. The van der Waals surface area contributed by atoms with Gasteiger partial charge in [0.15, 0.2) is 0 Å². The molecule has 0 spiro atoms. The molecule has 0 saturated heterocycles. The number of hydrogen-bond acceptors (Lipinski definition) is 4. The summed E-state index contributed by atoms with van der Waals surface area (Å²) in [5.41, 5.74) is 8.13. The summed E-state index contributed by atoms with van der Waals surface area (Å²) in [5, 5.41) is 4.01. The predicted octanol–water partition coefficient (Wildman–Crippen LogP) is 4.00. The molecule has 19 heavy (non-hydrogen) atoms. The van der Waals surface area contributed by atoms with Crippen LogP contribution in [0.15, 0.2) is 27.2 Å². The second kappa shape index (κ2) is 6.30. The fourth-order valence-corrected chi connectivity index (χ4v) is 2.51. The third kappa shape index (κ3) is 3.42. The molecule has 102 valence electrons. The number of nitrogens with zero attached hydrogens (tertiary/aromatic N) is 2. The molecule has 2 rings (SSSR count). The number of unbranched alkanes of at least 4 members (excludes halogenated alkanes) is 1. The van der Waals surface area contributed by atoms with Crippen LogP contribution in [0.3, 0.4) is 0 Å². The zero-order valence-corrected chi connectivity index (χ0v) is 12.8. The van der Waals surface area contributed by atoms with Gasteiger partial charge in [-0.05, 0) is 31.0 Å². The summed E-state index contributed by atoms with van der Waals surface area (Å²) >= 11 is 3.52. The maximum atomic E-state index is 6.03. The first-order valence-corrected chi connectivity index (χ1v) is 7.26. The molecule has 0 aliphatic carbocycles. The van der Waals surface area contributed by atoms with Crippen LogP contribution >= 0.6 is 15.9 Å². The summed E-state index contributed by atoms with van der Waals surface area (Å²) in [6, 6.07) is 5.85. The van der Waals surface area contributed by atoms with E-state index in [2.05, 4.69) is 33.0 Å². The van der Waals surface area contributed by atoms with Crippen LogP contribution in [0, 0.1) is 6.92 Å². The van der Waals surface area contributed by atoms with E-state index in [1.54, 1.807) is 0 Å². The molecule has 2 N–H and O–H groups in total. The Balaban J connectivity index is 2.20. The molecule has 0 amide bonds. The lowest BCUT2D eigenvalue weighted by molar-refractivity contribution is 0.346. The smallest absolute Gasteiger partial charge is 0.243 e. The Hall–Kier alpha value is -1.20. The van der Waals surface area contributed by atoms with Gasteiger partial charge in [-0.15, -0.1) is 0 Å². The van der Waals surface area contributed by atoms with Crippen molar-refractivity contribution in [1.82, 2.24) is 10.1 Å². The molecule has 0 unspecified atom stereocenters. The van der Waals surface area contributed by atoms with Crippen LogP contribution in [0.4, 0.5) is 0 Å². The summed E-state index contributed by atoms with van der Waals surface area (Å²) in [4.78, 5) is 4.39. The number of rotatable bonds is 5. The minimum atomic E-state index is -0.176. The molecule has 1 aromatic carbocycles. The SMILES string of the molecule is CCCC[C@H](N)c1nc(-c2ccc(C)cc2Br)no1. The maximum absolute atomic E-state index is 6.03. The van der Waals surface area contributed by atoms with Crippen LogP contribution in [0.2, 0.25) is 0 Å². The number of aromatic nitrogens is 2. The number of hydrogen-bond donors (Lipinski definition) is 1. The molecule has 2 aromatic rings. The van der Waals surface area contributed by atoms with Gasteiger partial charge in [-0.3, -0.25) is 0 Å². The zero-order chi connectivity index (χ0) is 13.8. The minimum absolute atomic E-state index is 0.176. The van der Waals surface area contributed by atoms with Crippen molar-refractivity contribution in [2.24, 2.45) is 5.73 Å².